The summed E-state index contributed by atoms with van der Waals surface area (Å²) in [6.45, 7) is 0.825. The first-order chi connectivity index (χ1) is 3.39. The van der Waals surface area contributed by atoms with Gasteiger partial charge in [0, 0.05) is 17.5 Å². The summed E-state index contributed by atoms with van der Waals surface area (Å²) in [5.74, 6) is 2.06. The van der Waals surface area contributed by atoms with Crippen molar-refractivity contribution in [2.75, 3.05) is 18.1 Å². The topological polar surface area (TPSA) is 9.23 Å². The molecule has 0 aromatic carbocycles. The zero-order valence-electron chi connectivity index (χ0n) is 4.09. The summed E-state index contributed by atoms with van der Waals surface area (Å²) >= 11 is 1.85. The van der Waals surface area contributed by atoms with Crippen LogP contribution < -0.4 is 0 Å². The predicted molar refractivity (Wildman–Crippen MR) is 32.8 cm³/mol. The Morgan fingerprint density at radius 3 is 2.86 bits per heavy atom. The molecule has 1 heterocycles. The fraction of sp³-hybridized carbons (Fsp3) is 1.00. The standard InChI is InChI=1S/C4H7BOS/c5-4-3-7-2-1-6-4/h4H,1-3H2. The molecule has 1 rings (SSSR count). The summed E-state index contributed by atoms with van der Waals surface area (Å²) in [5, 5.41) is 0. The summed E-state index contributed by atoms with van der Waals surface area (Å²) in [6.07, 6.45) is 0. The Labute approximate surface area is 49.2 Å². The first-order valence-electron chi connectivity index (χ1n) is 2.34. The Morgan fingerprint density at radius 2 is 2.57 bits per heavy atom. The van der Waals surface area contributed by atoms with Crippen LogP contribution in [0.25, 0.3) is 0 Å². The molecule has 1 unspecified atom stereocenters. The maximum Gasteiger partial charge on any atom is 0.110 e. The van der Waals surface area contributed by atoms with Gasteiger partial charge in [-0.2, -0.15) is 11.8 Å². The number of thioether (sulfide) groups is 1. The van der Waals surface area contributed by atoms with E-state index in [9.17, 15) is 0 Å². The molecular weight excluding hydrogens is 107 g/mol. The molecule has 0 saturated carbocycles. The maximum atomic E-state index is 5.39. The van der Waals surface area contributed by atoms with Crippen LogP contribution in [0.4, 0.5) is 0 Å². The minimum Gasteiger partial charge on any atom is -0.386 e. The third-order valence-electron chi connectivity index (χ3n) is 0.842. The number of ether oxygens (including phenoxy) is 1. The molecule has 38 valence electrons. The van der Waals surface area contributed by atoms with Gasteiger partial charge in [-0.1, -0.05) is 0 Å². The second-order valence-electron chi connectivity index (χ2n) is 1.48. The highest BCUT2D eigenvalue weighted by Crippen LogP contribution is 2.08. The van der Waals surface area contributed by atoms with E-state index in [0.29, 0.717) is 0 Å². The van der Waals surface area contributed by atoms with Gasteiger partial charge < -0.3 is 4.74 Å². The Bertz CT molecular complexity index is 53.7. The molecule has 2 radical (unpaired) electrons. The van der Waals surface area contributed by atoms with E-state index < -0.39 is 0 Å². The average molecular weight is 114 g/mol. The molecule has 0 aromatic heterocycles. The molecule has 0 aromatic rings. The van der Waals surface area contributed by atoms with Crippen LogP contribution in [0.2, 0.25) is 0 Å². The van der Waals surface area contributed by atoms with Gasteiger partial charge in [0.05, 0.1) is 6.61 Å². The van der Waals surface area contributed by atoms with Crippen molar-refractivity contribution in [1.29, 1.82) is 0 Å². The molecule has 3 heteroatoms. The Hall–Kier alpha value is 0.375. The first kappa shape index (κ1) is 5.51. The van der Waals surface area contributed by atoms with Crippen molar-refractivity contribution in [3.63, 3.8) is 0 Å². The van der Waals surface area contributed by atoms with Crippen LogP contribution in [-0.2, 0) is 4.74 Å². The summed E-state index contributed by atoms with van der Waals surface area (Å²) < 4.78 is 5.03. The van der Waals surface area contributed by atoms with E-state index in [4.69, 9.17) is 12.6 Å². The normalized spacial score (nSPS) is 32.9. The lowest BCUT2D eigenvalue weighted by Gasteiger charge is -2.17. The Morgan fingerprint density at radius 1 is 1.71 bits per heavy atom. The number of hydrogen-bond acceptors (Lipinski definition) is 2. The Balaban J connectivity index is 2.12. The smallest absolute Gasteiger partial charge is 0.110 e. The molecule has 0 aliphatic carbocycles. The summed E-state index contributed by atoms with van der Waals surface area (Å²) in [5.41, 5.74) is 0. The first-order valence-corrected chi connectivity index (χ1v) is 3.50. The molecule has 1 atom stereocenters. The van der Waals surface area contributed by atoms with Crippen molar-refractivity contribution in [2.45, 2.75) is 6.00 Å². The zero-order valence-corrected chi connectivity index (χ0v) is 4.91. The van der Waals surface area contributed by atoms with Gasteiger partial charge in [0.25, 0.3) is 0 Å². The van der Waals surface area contributed by atoms with Gasteiger partial charge in [-0.3, -0.25) is 0 Å². The van der Waals surface area contributed by atoms with E-state index in [1.54, 1.807) is 0 Å². The highest BCUT2D eigenvalue weighted by molar-refractivity contribution is 7.99. The van der Waals surface area contributed by atoms with Gasteiger partial charge in [0.2, 0.25) is 0 Å². The molecule has 1 fully saturated rings. The molecule has 0 amide bonds. The van der Waals surface area contributed by atoms with Gasteiger partial charge in [-0.25, -0.2) is 0 Å². The highest BCUT2D eigenvalue weighted by atomic mass is 32.2. The van der Waals surface area contributed by atoms with Crippen LogP contribution in [0.1, 0.15) is 0 Å². The largest absolute Gasteiger partial charge is 0.386 e. The SMILES string of the molecule is [B]C1CSCCO1. The van der Waals surface area contributed by atoms with E-state index in [1.165, 1.54) is 0 Å². The zero-order chi connectivity index (χ0) is 5.11. The minimum absolute atomic E-state index is 0.00116. The number of hydrogen-bond donors (Lipinski definition) is 0. The molecule has 1 aliphatic heterocycles. The summed E-state index contributed by atoms with van der Waals surface area (Å²) in [7, 11) is 5.39. The lowest BCUT2D eigenvalue weighted by molar-refractivity contribution is 0.131. The van der Waals surface area contributed by atoms with Gasteiger partial charge in [-0.15, -0.1) is 0 Å². The molecule has 7 heavy (non-hydrogen) atoms. The van der Waals surface area contributed by atoms with Gasteiger partial charge in [0.1, 0.15) is 7.85 Å². The lowest BCUT2D eigenvalue weighted by atomic mass is 10.0. The van der Waals surface area contributed by atoms with E-state index in [2.05, 4.69) is 0 Å². The fourth-order valence-corrected chi connectivity index (χ4v) is 1.22. The third kappa shape index (κ3) is 1.74. The maximum absolute atomic E-state index is 5.39. The van der Waals surface area contributed by atoms with Crippen molar-refractivity contribution in [1.82, 2.24) is 0 Å². The van der Waals surface area contributed by atoms with Crippen molar-refractivity contribution in [3.05, 3.63) is 0 Å². The minimum atomic E-state index is -0.00116. The summed E-state index contributed by atoms with van der Waals surface area (Å²) in [4.78, 5) is 0. The van der Waals surface area contributed by atoms with Crippen LogP contribution in [0, 0.1) is 0 Å². The van der Waals surface area contributed by atoms with E-state index in [0.717, 1.165) is 18.1 Å². The molecule has 0 bridgehead atoms. The molecule has 1 nitrogen and oxygen atoms in total. The van der Waals surface area contributed by atoms with Crippen molar-refractivity contribution >= 4 is 19.6 Å². The van der Waals surface area contributed by atoms with Gasteiger partial charge in [0.15, 0.2) is 0 Å². The second kappa shape index (κ2) is 2.63. The number of rotatable bonds is 0. The van der Waals surface area contributed by atoms with Crippen LogP contribution in [-0.4, -0.2) is 32.0 Å². The predicted octanol–water partition coefficient (Wildman–Crippen LogP) is 0.244. The van der Waals surface area contributed by atoms with Crippen LogP contribution in [0.3, 0.4) is 0 Å². The van der Waals surface area contributed by atoms with Crippen molar-refractivity contribution < 1.29 is 4.74 Å². The van der Waals surface area contributed by atoms with Gasteiger partial charge in [-0.05, 0) is 0 Å². The second-order valence-corrected chi connectivity index (χ2v) is 2.63. The molecule has 0 N–H and O–H groups in total. The lowest BCUT2D eigenvalue weighted by Crippen LogP contribution is -2.22. The molecule has 0 spiro atoms. The van der Waals surface area contributed by atoms with Crippen molar-refractivity contribution in [2.24, 2.45) is 0 Å². The average Bonchev–Trinajstić information content (AvgIpc) is 1.69. The van der Waals surface area contributed by atoms with E-state index in [1.807, 2.05) is 11.8 Å². The van der Waals surface area contributed by atoms with E-state index >= 15 is 0 Å². The molecule has 1 aliphatic rings. The summed E-state index contributed by atoms with van der Waals surface area (Å²) in [6, 6.07) is -0.00116. The van der Waals surface area contributed by atoms with Crippen LogP contribution in [0.15, 0.2) is 0 Å². The molecule has 1 saturated heterocycles. The fourth-order valence-electron chi connectivity index (χ4n) is 0.506. The quantitative estimate of drug-likeness (QED) is 0.417. The van der Waals surface area contributed by atoms with Gasteiger partial charge >= 0.3 is 0 Å². The van der Waals surface area contributed by atoms with Crippen LogP contribution >= 0.6 is 11.8 Å². The highest BCUT2D eigenvalue weighted by Gasteiger charge is 2.05. The monoisotopic (exact) mass is 114 g/mol. The van der Waals surface area contributed by atoms with Crippen LogP contribution in [0.5, 0.6) is 0 Å². The Kier molecular flexibility index (Phi) is 2.07. The van der Waals surface area contributed by atoms with E-state index in [-0.39, 0.29) is 6.00 Å². The molecular formula is C4H7BOS. The van der Waals surface area contributed by atoms with Crippen molar-refractivity contribution in [3.8, 4) is 0 Å². The third-order valence-corrected chi connectivity index (χ3v) is 1.86.